The van der Waals surface area contributed by atoms with Gasteiger partial charge in [0, 0.05) is 0 Å². The Hall–Kier alpha value is -2.92. The van der Waals surface area contributed by atoms with Gasteiger partial charge in [-0.3, -0.25) is 0 Å². The van der Waals surface area contributed by atoms with Crippen LogP contribution in [0.1, 0.15) is 0 Å². The Bertz CT molecular complexity index is 924. The predicted molar refractivity (Wildman–Crippen MR) is 120 cm³/mol. The Balaban J connectivity index is 2.07. The van der Waals surface area contributed by atoms with Crippen molar-refractivity contribution < 1.29 is 10.0 Å². The SMILES string of the molecule is OB(O)c1ccc([Si](c2ccccc2)(c2ccccc2)c2ccccc2)cc1. The summed E-state index contributed by atoms with van der Waals surface area (Å²) in [4.78, 5) is 0. The average Bonchev–Trinajstić information content (AvgIpc) is 2.77. The third-order valence-corrected chi connectivity index (χ3v) is 10.1. The highest BCUT2D eigenvalue weighted by molar-refractivity contribution is 7.19. The molecule has 0 saturated carbocycles. The van der Waals surface area contributed by atoms with Crippen molar-refractivity contribution >= 4 is 41.4 Å². The van der Waals surface area contributed by atoms with E-state index in [0.29, 0.717) is 5.46 Å². The number of benzene rings is 4. The van der Waals surface area contributed by atoms with Gasteiger partial charge in [0.05, 0.1) is 0 Å². The minimum Gasteiger partial charge on any atom is -0.423 e. The quantitative estimate of drug-likeness (QED) is 0.396. The molecule has 0 bridgehead atoms. The van der Waals surface area contributed by atoms with Gasteiger partial charge in [-0.05, 0) is 26.2 Å². The van der Waals surface area contributed by atoms with Crippen LogP contribution in [0.3, 0.4) is 0 Å². The lowest BCUT2D eigenvalue weighted by Gasteiger charge is -2.34. The summed E-state index contributed by atoms with van der Waals surface area (Å²) in [5.74, 6) is 0. The first kappa shape index (κ1) is 18.4. The standard InChI is InChI=1S/C24H21BO2Si/c26-25(27)20-16-18-24(19-17-20)28(21-10-4-1-5-11-21,22-12-6-2-7-13-22)23-14-8-3-9-15-23/h1-19,26-27H. The van der Waals surface area contributed by atoms with E-state index in [-0.39, 0.29) is 0 Å². The van der Waals surface area contributed by atoms with Crippen LogP contribution in [-0.2, 0) is 0 Å². The average molecular weight is 380 g/mol. The van der Waals surface area contributed by atoms with Gasteiger partial charge in [-0.15, -0.1) is 0 Å². The van der Waals surface area contributed by atoms with E-state index < -0.39 is 15.2 Å². The fourth-order valence-corrected chi connectivity index (χ4v) is 8.71. The molecule has 0 spiro atoms. The molecule has 0 atom stereocenters. The minimum absolute atomic E-state index is 0.501. The zero-order valence-corrected chi connectivity index (χ0v) is 16.4. The summed E-state index contributed by atoms with van der Waals surface area (Å²) >= 11 is 0. The largest absolute Gasteiger partial charge is 0.488 e. The molecule has 0 aromatic heterocycles. The van der Waals surface area contributed by atoms with Gasteiger partial charge in [0.2, 0.25) is 0 Å². The maximum Gasteiger partial charge on any atom is 0.488 e. The fraction of sp³-hybridized carbons (Fsp3) is 0. The van der Waals surface area contributed by atoms with Gasteiger partial charge in [-0.25, -0.2) is 0 Å². The van der Waals surface area contributed by atoms with Crippen LogP contribution in [0.5, 0.6) is 0 Å². The molecule has 4 aromatic rings. The molecule has 0 fully saturated rings. The second-order valence-electron chi connectivity index (χ2n) is 6.84. The predicted octanol–water partition coefficient (Wildman–Crippen LogP) is 0.744. The lowest BCUT2D eigenvalue weighted by atomic mass is 9.81. The molecule has 28 heavy (non-hydrogen) atoms. The molecule has 136 valence electrons. The molecule has 4 rings (SSSR count). The molecule has 0 aliphatic carbocycles. The van der Waals surface area contributed by atoms with Gasteiger partial charge in [-0.2, -0.15) is 0 Å². The zero-order chi connectivity index (χ0) is 19.4. The Morgan fingerprint density at radius 3 is 1.07 bits per heavy atom. The molecule has 0 aliphatic heterocycles. The monoisotopic (exact) mass is 380 g/mol. The Morgan fingerprint density at radius 2 is 0.750 bits per heavy atom. The maximum absolute atomic E-state index is 9.54. The third-order valence-electron chi connectivity index (χ3n) is 5.26. The summed E-state index contributed by atoms with van der Waals surface area (Å²) in [7, 11) is -3.98. The highest BCUT2D eigenvalue weighted by atomic mass is 28.3. The van der Waals surface area contributed by atoms with Crippen molar-refractivity contribution in [2.45, 2.75) is 0 Å². The molecule has 0 radical (unpaired) electrons. The number of hydrogen-bond donors (Lipinski definition) is 2. The van der Waals surface area contributed by atoms with Gasteiger partial charge in [0.1, 0.15) is 0 Å². The maximum atomic E-state index is 9.54. The van der Waals surface area contributed by atoms with Crippen LogP contribution in [0.4, 0.5) is 0 Å². The van der Waals surface area contributed by atoms with E-state index >= 15 is 0 Å². The minimum atomic E-state index is -2.52. The van der Waals surface area contributed by atoms with E-state index in [2.05, 4.69) is 72.8 Å². The molecular formula is C24H21BO2Si. The zero-order valence-electron chi connectivity index (χ0n) is 15.4. The molecule has 2 N–H and O–H groups in total. The van der Waals surface area contributed by atoms with E-state index in [1.807, 2.05) is 42.5 Å². The van der Waals surface area contributed by atoms with Gasteiger partial charge in [0.25, 0.3) is 0 Å². The van der Waals surface area contributed by atoms with Gasteiger partial charge >= 0.3 is 7.12 Å². The summed E-state index contributed by atoms with van der Waals surface area (Å²) in [5, 5.41) is 24.2. The summed E-state index contributed by atoms with van der Waals surface area (Å²) < 4.78 is 0. The van der Waals surface area contributed by atoms with Gasteiger partial charge in [-0.1, -0.05) is 115 Å². The molecular weight excluding hydrogens is 359 g/mol. The normalized spacial score (nSPS) is 11.2. The van der Waals surface area contributed by atoms with E-state index in [1.54, 1.807) is 0 Å². The summed E-state index contributed by atoms with van der Waals surface area (Å²) in [6.45, 7) is 0. The van der Waals surface area contributed by atoms with Gasteiger partial charge < -0.3 is 10.0 Å². The van der Waals surface area contributed by atoms with Crippen molar-refractivity contribution in [2.75, 3.05) is 0 Å². The molecule has 0 amide bonds. The first-order valence-corrected chi connectivity index (χ1v) is 11.4. The number of rotatable bonds is 5. The molecule has 4 heteroatoms. The highest BCUT2D eigenvalue weighted by Crippen LogP contribution is 2.09. The first-order valence-electron chi connectivity index (χ1n) is 9.36. The lowest BCUT2D eigenvalue weighted by molar-refractivity contribution is 0.426. The molecule has 4 aromatic carbocycles. The summed E-state index contributed by atoms with van der Waals surface area (Å²) in [6.07, 6.45) is 0. The number of hydrogen-bond acceptors (Lipinski definition) is 2. The van der Waals surface area contributed by atoms with Crippen LogP contribution in [-0.4, -0.2) is 25.2 Å². The van der Waals surface area contributed by atoms with E-state index in [9.17, 15) is 10.0 Å². The third kappa shape index (κ3) is 3.22. The Labute approximate surface area is 166 Å². The first-order chi connectivity index (χ1) is 13.7. The smallest absolute Gasteiger partial charge is 0.423 e. The molecule has 0 unspecified atom stereocenters. The lowest BCUT2D eigenvalue weighted by Crippen LogP contribution is -2.74. The summed E-state index contributed by atoms with van der Waals surface area (Å²) in [5.41, 5.74) is 0.501. The van der Waals surface area contributed by atoms with Crippen LogP contribution in [0.15, 0.2) is 115 Å². The van der Waals surface area contributed by atoms with E-state index in [1.165, 1.54) is 20.7 Å². The molecule has 0 saturated heterocycles. The second-order valence-corrected chi connectivity index (χ2v) is 10.7. The van der Waals surface area contributed by atoms with Crippen LogP contribution in [0, 0.1) is 0 Å². The van der Waals surface area contributed by atoms with Crippen molar-refractivity contribution in [3.05, 3.63) is 115 Å². The molecule has 0 aliphatic rings. The second kappa shape index (κ2) is 7.99. The Kier molecular flexibility index (Phi) is 5.26. The van der Waals surface area contributed by atoms with Crippen molar-refractivity contribution in [3.63, 3.8) is 0 Å². The molecule has 0 heterocycles. The van der Waals surface area contributed by atoms with E-state index in [0.717, 1.165) is 0 Å². The van der Waals surface area contributed by atoms with E-state index in [4.69, 9.17) is 0 Å². The Morgan fingerprint density at radius 1 is 0.429 bits per heavy atom. The van der Waals surface area contributed by atoms with Crippen LogP contribution in [0.25, 0.3) is 0 Å². The van der Waals surface area contributed by atoms with Crippen molar-refractivity contribution in [1.82, 2.24) is 0 Å². The molecule has 2 nitrogen and oxygen atoms in total. The van der Waals surface area contributed by atoms with Gasteiger partial charge in [0.15, 0.2) is 8.07 Å². The highest BCUT2D eigenvalue weighted by Gasteiger charge is 2.41. The van der Waals surface area contributed by atoms with Crippen molar-refractivity contribution in [3.8, 4) is 0 Å². The fourth-order valence-electron chi connectivity index (χ4n) is 3.97. The summed E-state index contributed by atoms with van der Waals surface area (Å²) in [6, 6.07) is 39.7. The topological polar surface area (TPSA) is 40.5 Å². The van der Waals surface area contributed by atoms with Crippen LogP contribution >= 0.6 is 0 Å². The van der Waals surface area contributed by atoms with Crippen LogP contribution < -0.4 is 26.2 Å². The van der Waals surface area contributed by atoms with Crippen molar-refractivity contribution in [2.24, 2.45) is 0 Å². The van der Waals surface area contributed by atoms with Crippen molar-refractivity contribution in [1.29, 1.82) is 0 Å². The van der Waals surface area contributed by atoms with Crippen LogP contribution in [0.2, 0.25) is 0 Å².